The van der Waals surface area contributed by atoms with Gasteiger partial charge in [-0.3, -0.25) is 14.6 Å². The Kier molecular flexibility index (Phi) is 19.7. The summed E-state index contributed by atoms with van der Waals surface area (Å²) in [6.07, 6.45) is -3.37. The number of ether oxygens (including phenoxy) is 6. The van der Waals surface area contributed by atoms with Crippen LogP contribution in [-0.4, -0.2) is 172 Å². The number of fused-ring (bicyclic) bond motifs is 1. The van der Waals surface area contributed by atoms with Gasteiger partial charge in [0.25, 0.3) is 0 Å². The van der Waals surface area contributed by atoms with E-state index in [0.717, 1.165) is 36.0 Å². The molecule has 16 nitrogen and oxygen atoms in total. The third-order valence-electron chi connectivity index (χ3n) is 16.1. The number of likely N-dealkylation sites (N-methyl/N-ethyl adjacent to an activating group) is 1. The van der Waals surface area contributed by atoms with Gasteiger partial charge in [-0.25, -0.2) is 0 Å². The molecule has 0 spiro atoms. The van der Waals surface area contributed by atoms with Gasteiger partial charge in [-0.2, -0.15) is 0 Å². The number of aliphatic hydroxyl groups is 5. The fourth-order valence-corrected chi connectivity index (χ4v) is 11.7. The van der Waals surface area contributed by atoms with Crippen LogP contribution in [-0.2, 0) is 44.6 Å². The molecule has 4 saturated heterocycles. The molecule has 71 heavy (non-hydrogen) atoms. The van der Waals surface area contributed by atoms with Crippen LogP contribution in [0, 0.1) is 23.7 Å². The van der Waals surface area contributed by atoms with E-state index in [9.17, 15) is 30.3 Å². The quantitative estimate of drug-likeness (QED) is 0.0642. The van der Waals surface area contributed by atoms with Crippen LogP contribution in [0.2, 0.25) is 0 Å². The number of esters is 1. The lowest BCUT2D eigenvalue weighted by atomic mass is 9.73. The van der Waals surface area contributed by atoms with Crippen LogP contribution in [0.4, 0.5) is 0 Å². The number of likely N-dealkylation sites (tertiary alicyclic amines) is 1. The Morgan fingerprint density at radius 1 is 0.887 bits per heavy atom. The first-order valence-electron chi connectivity index (χ1n) is 26.1. The van der Waals surface area contributed by atoms with E-state index in [1.54, 1.807) is 41.5 Å². The number of hydrogen-bond donors (Lipinski definition) is 5. The number of benzene rings is 2. The van der Waals surface area contributed by atoms with Crippen LogP contribution >= 0.6 is 0 Å². The van der Waals surface area contributed by atoms with Crippen molar-refractivity contribution in [2.24, 2.45) is 28.8 Å². The van der Waals surface area contributed by atoms with Gasteiger partial charge in [0.05, 0.1) is 53.4 Å². The maximum absolute atomic E-state index is 14.6. The maximum Gasteiger partial charge on any atom is 0.311 e. The Morgan fingerprint density at radius 2 is 1.58 bits per heavy atom. The largest absolute Gasteiger partial charge is 0.459 e. The molecule has 4 aliphatic heterocycles. The zero-order chi connectivity index (χ0) is 52.0. The number of nitrogens with zero attached hydrogens (tertiary/aromatic N) is 3. The van der Waals surface area contributed by atoms with Crippen molar-refractivity contribution in [1.29, 1.82) is 0 Å². The van der Waals surface area contributed by atoms with Gasteiger partial charge in [-0.05, 0) is 122 Å². The monoisotopic (exact) mass is 998 g/mol. The third-order valence-corrected chi connectivity index (χ3v) is 16.1. The molecule has 2 aromatic rings. The summed E-state index contributed by atoms with van der Waals surface area (Å²) in [5.41, 5.74) is -3.36. The molecule has 0 amide bonds. The average Bonchev–Trinajstić information content (AvgIpc) is 3.86. The number of rotatable bonds is 14. The molecule has 0 saturated carbocycles. The van der Waals surface area contributed by atoms with Crippen molar-refractivity contribution in [3.05, 3.63) is 60.2 Å². The fraction of sp³-hybridized carbons (Fsp3) is 0.745. The highest BCUT2D eigenvalue weighted by molar-refractivity contribution is 5.89. The molecule has 0 unspecified atom stereocenters. The van der Waals surface area contributed by atoms with E-state index in [1.165, 1.54) is 26.9 Å². The van der Waals surface area contributed by atoms with E-state index in [0.29, 0.717) is 18.7 Å². The smallest absolute Gasteiger partial charge is 0.311 e. The van der Waals surface area contributed by atoms with Gasteiger partial charge in [0, 0.05) is 50.4 Å². The van der Waals surface area contributed by atoms with Crippen LogP contribution in [0.15, 0.2) is 59.8 Å². The molecule has 0 bridgehead atoms. The summed E-state index contributed by atoms with van der Waals surface area (Å²) >= 11 is 0. The summed E-state index contributed by atoms with van der Waals surface area (Å²) in [6.45, 7) is 21.0. The highest BCUT2D eigenvalue weighted by Gasteiger charge is 2.53. The van der Waals surface area contributed by atoms with Crippen molar-refractivity contribution in [2.75, 3.05) is 40.4 Å². The molecule has 16 heteroatoms. The molecule has 0 aliphatic carbocycles. The lowest BCUT2D eigenvalue weighted by Crippen LogP contribution is -2.61. The van der Waals surface area contributed by atoms with Crippen LogP contribution in [0.1, 0.15) is 113 Å². The number of aliphatic hydroxyl groups excluding tert-OH is 3. The Bertz CT molecular complexity index is 2080. The SMILES string of the molecule is CC[C@H]1OC(=O)[C@H](C)[C@@H](O[C@H]2C[C@@](C)(OC)[C@@H](O)[C@H](C)O2)[C@H](C)[C@@H](O[C@@H]2O[C@H](C)C[C@H](N(C)Cc3ccc4ccccc4c3)[C@H]2O)[C@@](C)(O)C[C@@H](C)/C(=N\OC/C=C/CN2CCCC2)[C@H](C)[C@@H](O)[C@]1(C)O. The number of carbonyl (C=O) groups is 1. The number of oxime groups is 1. The van der Waals surface area contributed by atoms with Crippen LogP contribution in [0.25, 0.3) is 10.8 Å². The standard InChI is InChI=1S/C55H87N3O13/c1-13-43-55(10,64)48(60)35(4)45(56-66-27-19-18-26-58-24-16-17-25-58)33(2)30-53(8,63)50(36(5)47(37(6)51(62)69-43)70-44-31-54(9,65-12)49(61)38(7)68-44)71-52-46(59)42(28-34(3)67-52)57(11)32-39-22-23-40-20-14-15-21-41(40)29-39/h14-15,18-23,29,33-38,42-44,46-50,52,59-61,63-64H,13,16-17,24-28,30-32H2,1-12H3/b19-18+,56-45+/t33-,34-,35+,36+,37-,38+,42+,43-,44+,46-,47+,48-,49+,50-,52+,53+,54-,55-/m1/s1. The highest BCUT2D eigenvalue weighted by atomic mass is 16.7. The van der Waals surface area contributed by atoms with Crippen LogP contribution in [0.5, 0.6) is 0 Å². The first-order valence-corrected chi connectivity index (χ1v) is 26.1. The average molecular weight is 998 g/mol. The molecule has 0 aromatic heterocycles. The summed E-state index contributed by atoms with van der Waals surface area (Å²) in [6, 6.07) is 14.1. The predicted molar refractivity (Wildman–Crippen MR) is 271 cm³/mol. The third kappa shape index (κ3) is 13.6. The molecular formula is C55H87N3O13. The first-order chi connectivity index (χ1) is 33.5. The van der Waals surface area contributed by atoms with E-state index < -0.39 is 108 Å². The topological polar surface area (TPSA) is 202 Å². The molecule has 5 N–H and O–H groups in total. The second-order valence-electron chi connectivity index (χ2n) is 22.0. The van der Waals surface area contributed by atoms with Crippen LogP contribution in [0.3, 0.4) is 0 Å². The minimum atomic E-state index is -1.96. The summed E-state index contributed by atoms with van der Waals surface area (Å²) in [4.78, 5) is 25.0. The minimum absolute atomic E-state index is 0.00841. The van der Waals surface area contributed by atoms with E-state index in [4.69, 9.17) is 33.3 Å². The van der Waals surface area contributed by atoms with Crippen molar-refractivity contribution < 1.29 is 63.6 Å². The van der Waals surface area contributed by atoms with Gasteiger partial charge in [0.1, 0.15) is 30.5 Å². The van der Waals surface area contributed by atoms with Crippen LogP contribution < -0.4 is 0 Å². The highest BCUT2D eigenvalue weighted by Crippen LogP contribution is 2.41. The lowest BCUT2D eigenvalue weighted by Gasteiger charge is -2.49. The molecule has 6 rings (SSSR count). The molecule has 18 atom stereocenters. The predicted octanol–water partition coefficient (Wildman–Crippen LogP) is 5.96. The Balaban J connectivity index is 1.38. The fourth-order valence-electron chi connectivity index (χ4n) is 11.7. The minimum Gasteiger partial charge on any atom is -0.459 e. The number of cyclic esters (lactones) is 1. The molecule has 4 heterocycles. The summed E-state index contributed by atoms with van der Waals surface area (Å²) in [5, 5.41) is 67.8. The van der Waals surface area contributed by atoms with E-state index in [-0.39, 0.29) is 32.0 Å². The Hall–Kier alpha value is -3.10. The summed E-state index contributed by atoms with van der Waals surface area (Å²) < 4.78 is 38.6. The van der Waals surface area contributed by atoms with Crippen molar-refractivity contribution in [3.63, 3.8) is 0 Å². The van der Waals surface area contributed by atoms with Gasteiger partial charge >= 0.3 is 5.97 Å². The maximum atomic E-state index is 14.6. The van der Waals surface area contributed by atoms with E-state index in [2.05, 4.69) is 45.3 Å². The molecular weight excluding hydrogens is 911 g/mol. The molecule has 4 aliphatic rings. The van der Waals surface area contributed by atoms with Crippen molar-refractivity contribution >= 4 is 22.5 Å². The van der Waals surface area contributed by atoms with Gasteiger partial charge in [-0.1, -0.05) is 75.3 Å². The zero-order valence-electron chi connectivity index (χ0n) is 44.5. The second kappa shape index (κ2) is 24.5. The Morgan fingerprint density at radius 3 is 2.25 bits per heavy atom. The number of methoxy groups -OCH3 is 1. The molecule has 4 fully saturated rings. The summed E-state index contributed by atoms with van der Waals surface area (Å²) in [7, 11) is 3.48. The molecule has 0 radical (unpaired) electrons. The van der Waals surface area contributed by atoms with Crippen molar-refractivity contribution in [1.82, 2.24) is 9.80 Å². The summed E-state index contributed by atoms with van der Waals surface area (Å²) in [5.74, 6) is -4.10. The molecule has 2 aromatic carbocycles. The normalized spacial score (nSPS) is 41.1. The first kappa shape index (κ1) is 57.2. The second-order valence-corrected chi connectivity index (χ2v) is 22.0. The van der Waals surface area contributed by atoms with E-state index in [1.807, 2.05) is 52.1 Å². The zero-order valence-corrected chi connectivity index (χ0v) is 44.5. The van der Waals surface area contributed by atoms with Gasteiger partial charge < -0.3 is 58.8 Å². The lowest BCUT2D eigenvalue weighted by molar-refractivity contribution is -0.318. The van der Waals surface area contributed by atoms with Gasteiger partial charge in [-0.15, -0.1) is 0 Å². The number of carbonyl (C=O) groups excluding carboxylic acids is 1. The van der Waals surface area contributed by atoms with Crippen molar-refractivity contribution in [2.45, 2.75) is 199 Å². The number of hydrogen-bond acceptors (Lipinski definition) is 16. The van der Waals surface area contributed by atoms with Gasteiger partial charge in [0.2, 0.25) is 0 Å². The molecule has 400 valence electrons. The van der Waals surface area contributed by atoms with E-state index >= 15 is 0 Å². The Labute approximate surface area is 422 Å². The van der Waals surface area contributed by atoms with Gasteiger partial charge in [0.15, 0.2) is 12.6 Å². The van der Waals surface area contributed by atoms with Crippen molar-refractivity contribution in [3.8, 4) is 0 Å².